The summed E-state index contributed by atoms with van der Waals surface area (Å²) in [5.74, 6) is -1.06. The minimum atomic E-state index is -1.05. The van der Waals surface area contributed by atoms with Crippen molar-refractivity contribution in [2.75, 3.05) is 33.8 Å². The Labute approximate surface area is 174 Å². The highest BCUT2D eigenvalue weighted by atomic mass is 16.5. The normalized spacial score (nSPS) is 22.7. The number of rotatable bonds is 2. The predicted molar refractivity (Wildman–Crippen MR) is 107 cm³/mol. The molecule has 0 bridgehead atoms. The second-order valence-electron chi connectivity index (χ2n) is 7.91. The van der Waals surface area contributed by atoms with E-state index in [1.54, 1.807) is 45.3 Å². The Morgan fingerprint density at radius 2 is 2.00 bits per heavy atom. The molecule has 3 amide bonds. The highest BCUT2D eigenvalue weighted by Crippen LogP contribution is 2.34. The van der Waals surface area contributed by atoms with Gasteiger partial charge in [0.15, 0.2) is 0 Å². The van der Waals surface area contributed by atoms with Crippen LogP contribution in [0.3, 0.4) is 0 Å². The maximum atomic E-state index is 13.1. The Balaban J connectivity index is 1.68. The van der Waals surface area contributed by atoms with Gasteiger partial charge >= 0.3 is 0 Å². The van der Waals surface area contributed by atoms with Crippen LogP contribution in [0.2, 0.25) is 0 Å². The summed E-state index contributed by atoms with van der Waals surface area (Å²) in [4.78, 5) is 50.3. The summed E-state index contributed by atoms with van der Waals surface area (Å²) in [5, 5.41) is 3.00. The molecule has 0 aliphatic carbocycles. The molecule has 9 nitrogen and oxygen atoms in total. The van der Waals surface area contributed by atoms with Crippen molar-refractivity contribution in [3.63, 3.8) is 0 Å². The Bertz CT molecular complexity index is 1010. The van der Waals surface area contributed by atoms with Crippen LogP contribution in [0.25, 0.3) is 0 Å². The number of ether oxygens (including phenoxy) is 1. The fourth-order valence-electron chi connectivity index (χ4n) is 3.95. The number of hydrogen-bond donors (Lipinski definition) is 1. The summed E-state index contributed by atoms with van der Waals surface area (Å²) in [6.07, 6.45) is 2.94. The third-order valence-corrected chi connectivity index (χ3v) is 5.55. The van der Waals surface area contributed by atoms with E-state index in [1.165, 1.54) is 22.2 Å². The molecule has 30 heavy (non-hydrogen) atoms. The van der Waals surface area contributed by atoms with E-state index < -0.39 is 11.5 Å². The lowest BCUT2D eigenvalue weighted by Crippen LogP contribution is -2.60. The molecule has 1 saturated heterocycles. The van der Waals surface area contributed by atoms with Gasteiger partial charge in [0.05, 0.1) is 23.4 Å². The first-order valence-corrected chi connectivity index (χ1v) is 9.64. The van der Waals surface area contributed by atoms with Crippen molar-refractivity contribution in [1.82, 2.24) is 25.1 Å². The standard InChI is InChI=1S/C21H23N5O4/c1-13-8-23-16(9-22-13)20(29)26-10-15(19(28)25(2)3)21(11-26)12-30-17-7-5-4-6-14(17)18(27)24-21/h4-9,15H,10-12H2,1-3H3,(H,24,27)/t15-,21-/m1/s1. The number of hydrogen-bond acceptors (Lipinski definition) is 6. The Hall–Kier alpha value is -3.49. The van der Waals surface area contributed by atoms with E-state index in [0.717, 1.165) is 0 Å². The highest BCUT2D eigenvalue weighted by Gasteiger charge is 2.54. The average Bonchev–Trinajstić information content (AvgIpc) is 3.03. The summed E-state index contributed by atoms with van der Waals surface area (Å²) >= 11 is 0. The van der Waals surface area contributed by atoms with Gasteiger partial charge in [-0.3, -0.25) is 19.4 Å². The molecule has 9 heteroatoms. The minimum Gasteiger partial charge on any atom is -0.490 e. The van der Waals surface area contributed by atoms with Crippen molar-refractivity contribution in [2.24, 2.45) is 5.92 Å². The predicted octanol–water partition coefficient (Wildman–Crippen LogP) is 0.506. The molecule has 2 aliphatic heterocycles. The molecule has 1 aromatic carbocycles. The van der Waals surface area contributed by atoms with Crippen molar-refractivity contribution in [1.29, 1.82) is 0 Å². The zero-order valence-electron chi connectivity index (χ0n) is 17.1. The quantitative estimate of drug-likeness (QED) is 0.775. The molecule has 0 radical (unpaired) electrons. The van der Waals surface area contributed by atoms with Crippen LogP contribution < -0.4 is 10.1 Å². The minimum absolute atomic E-state index is 0.0728. The lowest BCUT2D eigenvalue weighted by Gasteiger charge is -2.33. The van der Waals surface area contributed by atoms with Crippen LogP contribution in [0, 0.1) is 12.8 Å². The number of para-hydroxylation sites is 1. The number of likely N-dealkylation sites (tertiary alicyclic amines) is 1. The molecule has 0 saturated carbocycles. The molecular formula is C21H23N5O4. The third-order valence-electron chi connectivity index (χ3n) is 5.55. The fraction of sp³-hybridized carbons (Fsp3) is 0.381. The summed E-state index contributed by atoms with van der Waals surface area (Å²) in [6, 6.07) is 6.93. The van der Waals surface area contributed by atoms with Crippen LogP contribution in [-0.2, 0) is 4.79 Å². The van der Waals surface area contributed by atoms with Gasteiger partial charge in [-0.15, -0.1) is 0 Å². The van der Waals surface area contributed by atoms with Crippen LogP contribution in [0.1, 0.15) is 26.5 Å². The number of nitrogens with one attached hydrogen (secondary N) is 1. The number of aromatic nitrogens is 2. The molecule has 0 unspecified atom stereocenters. The van der Waals surface area contributed by atoms with Crippen LogP contribution in [0.5, 0.6) is 5.75 Å². The van der Waals surface area contributed by atoms with Gasteiger partial charge in [-0.05, 0) is 19.1 Å². The van der Waals surface area contributed by atoms with Crippen molar-refractivity contribution in [3.05, 3.63) is 53.6 Å². The number of amides is 3. The van der Waals surface area contributed by atoms with Crippen LogP contribution >= 0.6 is 0 Å². The van der Waals surface area contributed by atoms with Gasteiger partial charge in [0.1, 0.15) is 23.6 Å². The second-order valence-corrected chi connectivity index (χ2v) is 7.91. The van der Waals surface area contributed by atoms with Gasteiger partial charge in [-0.1, -0.05) is 12.1 Å². The van der Waals surface area contributed by atoms with E-state index in [4.69, 9.17) is 4.74 Å². The molecule has 1 aromatic heterocycles. The first kappa shape index (κ1) is 19.8. The zero-order chi connectivity index (χ0) is 21.5. The lowest BCUT2D eigenvalue weighted by molar-refractivity contribution is -0.134. The van der Waals surface area contributed by atoms with Gasteiger partial charge in [-0.2, -0.15) is 0 Å². The first-order valence-electron chi connectivity index (χ1n) is 9.64. The summed E-state index contributed by atoms with van der Waals surface area (Å²) in [6.45, 7) is 2.13. The molecule has 3 heterocycles. The number of aryl methyl sites for hydroxylation is 1. The van der Waals surface area contributed by atoms with Crippen molar-refractivity contribution in [3.8, 4) is 5.75 Å². The summed E-state index contributed by atoms with van der Waals surface area (Å²) < 4.78 is 5.95. The lowest BCUT2D eigenvalue weighted by atomic mass is 9.86. The Morgan fingerprint density at radius 1 is 1.23 bits per heavy atom. The van der Waals surface area contributed by atoms with E-state index in [0.29, 0.717) is 17.0 Å². The summed E-state index contributed by atoms with van der Waals surface area (Å²) in [7, 11) is 3.31. The third kappa shape index (κ3) is 3.36. The first-order chi connectivity index (χ1) is 14.3. The average molecular weight is 409 g/mol. The molecule has 2 aliphatic rings. The zero-order valence-corrected chi connectivity index (χ0v) is 17.1. The Morgan fingerprint density at radius 3 is 2.70 bits per heavy atom. The maximum absolute atomic E-state index is 13.1. The van der Waals surface area contributed by atoms with E-state index in [2.05, 4.69) is 15.3 Å². The van der Waals surface area contributed by atoms with Gasteiger partial charge in [0.2, 0.25) is 5.91 Å². The largest absolute Gasteiger partial charge is 0.490 e. The van der Waals surface area contributed by atoms with Gasteiger partial charge in [0, 0.05) is 33.4 Å². The number of carbonyl (C=O) groups excluding carboxylic acids is 3. The van der Waals surface area contributed by atoms with E-state index in [9.17, 15) is 14.4 Å². The SMILES string of the molecule is Cc1cnc(C(=O)N2C[C@H](C(=O)N(C)C)[C@]3(COc4ccccc4C(=O)N3)C2)cn1. The van der Waals surface area contributed by atoms with Gasteiger partial charge in [0.25, 0.3) is 11.8 Å². The molecule has 1 fully saturated rings. The fourth-order valence-corrected chi connectivity index (χ4v) is 3.95. The number of nitrogens with zero attached hydrogens (tertiary/aromatic N) is 4. The van der Waals surface area contributed by atoms with Crippen molar-refractivity contribution < 1.29 is 19.1 Å². The molecule has 2 aromatic rings. The van der Waals surface area contributed by atoms with E-state index in [1.807, 2.05) is 0 Å². The van der Waals surface area contributed by atoms with E-state index >= 15 is 0 Å². The van der Waals surface area contributed by atoms with Gasteiger partial charge < -0.3 is 19.9 Å². The Kier molecular flexibility index (Phi) is 4.89. The molecule has 1 spiro atoms. The van der Waals surface area contributed by atoms with E-state index in [-0.39, 0.29) is 43.1 Å². The number of benzene rings is 1. The topological polar surface area (TPSA) is 105 Å². The van der Waals surface area contributed by atoms with Crippen molar-refractivity contribution in [2.45, 2.75) is 12.5 Å². The molecule has 156 valence electrons. The number of carbonyl (C=O) groups is 3. The molecular weight excluding hydrogens is 386 g/mol. The molecule has 1 N–H and O–H groups in total. The van der Waals surface area contributed by atoms with Gasteiger partial charge in [-0.25, -0.2) is 4.98 Å². The van der Waals surface area contributed by atoms with Crippen LogP contribution in [-0.4, -0.2) is 76.8 Å². The van der Waals surface area contributed by atoms with Crippen molar-refractivity contribution >= 4 is 17.7 Å². The van der Waals surface area contributed by atoms with Crippen LogP contribution in [0.15, 0.2) is 36.7 Å². The highest BCUT2D eigenvalue weighted by molar-refractivity contribution is 5.99. The molecule has 4 rings (SSSR count). The smallest absolute Gasteiger partial charge is 0.274 e. The summed E-state index contributed by atoms with van der Waals surface area (Å²) in [5.41, 5.74) is 0.246. The second kappa shape index (κ2) is 7.40. The monoisotopic (exact) mass is 409 g/mol. The maximum Gasteiger partial charge on any atom is 0.274 e. The number of fused-ring (bicyclic) bond motifs is 1. The van der Waals surface area contributed by atoms with Crippen LogP contribution in [0.4, 0.5) is 0 Å². The molecule has 2 atom stereocenters.